The first-order valence-corrected chi connectivity index (χ1v) is 7.97. The van der Waals surface area contributed by atoms with E-state index in [2.05, 4.69) is 22.9 Å². The first-order chi connectivity index (χ1) is 9.51. The number of hydrogen-bond acceptors (Lipinski definition) is 2. The van der Waals surface area contributed by atoms with Crippen LogP contribution in [0.4, 0.5) is 0 Å². The highest BCUT2D eigenvalue weighted by Crippen LogP contribution is 2.35. The lowest BCUT2D eigenvalue weighted by Crippen LogP contribution is -2.44. The third kappa shape index (κ3) is 3.07. The zero-order valence-electron chi connectivity index (χ0n) is 12.2. The fourth-order valence-electron chi connectivity index (χ4n) is 2.78. The molecule has 1 N–H and O–H groups in total. The van der Waals surface area contributed by atoms with Crippen LogP contribution in [0.25, 0.3) is 0 Å². The maximum atomic E-state index is 12.6. The Hall–Kier alpha value is -0.870. The van der Waals surface area contributed by atoms with Crippen molar-refractivity contribution in [2.75, 3.05) is 19.7 Å². The quantitative estimate of drug-likeness (QED) is 0.916. The van der Waals surface area contributed by atoms with Crippen molar-refractivity contribution >= 4 is 21.8 Å². The van der Waals surface area contributed by atoms with E-state index in [4.69, 9.17) is 0 Å². The average Bonchev–Trinajstić information content (AvgIpc) is 2.49. The van der Waals surface area contributed by atoms with Gasteiger partial charge in [0.2, 0.25) is 0 Å². The number of piperidine rings is 1. The molecule has 2 rings (SSSR count). The largest absolute Gasteiger partial charge is 0.396 e. The molecule has 3 nitrogen and oxygen atoms in total. The predicted octanol–water partition coefficient (Wildman–Crippen LogP) is 3.38. The van der Waals surface area contributed by atoms with Gasteiger partial charge in [0, 0.05) is 24.2 Å². The number of aliphatic hydroxyl groups excluding tert-OH is 1. The lowest BCUT2D eigenvalue weighted by Gasteiger charge is -2.40. The van der Waals surface area contributed by atoms with Crippen molar-refractivity contribution in [3.8, 4) is 0 Å². The van der Waals surface area contributed by atoms with Gasteiger partial charge in [-0.2, -0.15) is 0 Å². The van der Waals surface area contributed by atoms with Gasteiger partial charge in [-0.3, -0.25) is 4.79 Å². The zero-order chi connectivity index (χ0) is 14.8. The second-order valence-electron chi connectivity index (χ2n) is 5.79. The van der Waals surface area contributed by atoms with Gasteiger partial charge < -0.3 is 10.0 Å². The Morgan fingerprint density at radius 3 is 2.60 bits per heavy atom. The van der Waals surface area contributed by atoms with Crippen molar-refractivity contribution in [3.63, 3.8) is 0 Å². The van der Waals surface area contributed by atoms with Crippen LogP contribution in [0.2, 0.25) is 0 Å². The Bertz CT molecular complexity index is 487. The lowest BCUT2D eigenvalue weighted by molar-refractivity contribution is 0.0337. The van der Waals surface area contributed by atoms with E-state index < -0.39 is 0 Å². The number of nitrogens with zero attached hydrogens (tertiary/aromatic N) is 1. The van der Waals surface area contributed by atoms with Crippen molar-refractivity contribution in [1.29, 1.82) is 0 Å². The highest BCUT2D eigenvalue weighted by molar-refractivity contribution is 9.10. The molecule has 0 unspecified atom stereocenters. The summed E-state index contributed by atoms with van der Waals surface area (Å²) >= 11 is 3.46. The van der Waals surface area contributed by atoms with E-state index in [1.807, 2.05) is 30.0 Å². The molecule has 0 aromatic heterocycles. The molecule has 0 spiro atoms. The second kappa shape index (κ2) is 6.27. The van der Waals surface area contributed by atoms with Crippen LogP contribution in [0, 0.1) is 12.3 Å². The maximum absolute atomic E-state index is 12.6. The Kier molecular flexibility index (Phi) is 4.86. The minimum Gasteiger partial charge on any atom is -0.396 e. The van der Waals surface area contributed by atoms with Crippen LogP contribution in [0.1, 0.15) is 42.1 Å². The Morgan fingerprint density at radius 1 is 1.40 bits per heavy atom. The number of aryl methyl sites for hydroxylation is 1. The molecular formula is C16H22BrNO2. The molecule has 20 heavy (non-hydrogen) atoms. The molecule has 0 bridgehead atoms. The van der Waals surface area contributed by atoms with Gasteiger partial charge in [0.25, 0.3) is 5.91 Å². The predicted molar refractivity (Wildman–Crippen MR) is 83.8 cm³/mol. The molecular weight excluding hydrogens is 318 g/mol. The van der Waals surface area contributed by atoms with E-state index >= 15 is 0 Å². The third-order valence-corrected chi connectivity index (χ3v) is 5.24. The van der Waals surface area contributed by atoms with Crippen molar-refractivity contribution in [2.45, 2.75) is 33.1 Å². The summed E-state index contributed by atoms with van der Waals surface area (Å²) in [5, 5.41) is 9.55. The van der Waals surface area contributed by atoms with Crippen LogP contribution in [0.15, 0.2) is 22.7 Å². The van der Waals surface area contributed by atoms with E-state index in [1.54, 1.807) is 0 Å². The maximum Gasteiger partial charge on any atom is 0.255 e. The summed E-state index contributed by atoms with van der Waals surface area (Å²) in [5.74, 6) is 0.0863. The molecule has 1 amide bonds. The fourth-order valence-corrected chi connectivity index (χ4v) is 3.20. The van der Waals surface area contributed by atoms with Crippen molar-refractivity contribution < 1.29 is 9.90 Å². The number of likely N-dealkylation sites (tertiary alicyclic amines) is 1. The van der Waals surface area contributed by atoms with Crippen LogP contribution in [0.5, 0.6) is 0 Å². The molecule has 1 aliphatic rings. The monoisotopic (exact) mass is 339 g/mol. The SMILES string of the molecule is CCC1(CO)CCN(C(=O)c2cc(C)ccc2Br)CC1. The van der Waals surface area contributed by atoms with Crippen LogP contribution in [0.3, 0.4) is 0 Å². The molecule has 1 saturated heterocycles. The number of carbonyl (C=O) groups excluding carboxylic acids is 1. The molecule has 0 radical (unpaired) electrons. The van der Waals surface area contributed by atoms with Gasteiger partial charge in [0.15, 0.2) is 0 Å². The topological polar surface area (TPSA) is 40.5 Å². The minimum atomic E-state index is 0.0145. The summed E-state index contributed by atoms with van der Waals surface area (Å²) in [7, 11) is 0. The number of aliphatic hydroxyl groups is 1. The average molecular weight is 340 g/mol. The molecule has 1 heterocycles. The standard InChI is InChI=1S/C16H22BrNO2/c1-3-16(11-19)6-8-18(9-7-16)15(20)13-10-12(2)4-5-14(13)17/h4-5,10,19H,3,6-9,11H2,1-2H3. The summed E-state index contributed by atoms with van der Waals surface area (Å²) in [4.78, 5) is 14.5. The van der Waals surface area contributed by atoms with Crippen LogP contribution < -0.4 is 0 Å². The summed E-state index contributed by atoms with van der Waals surface area (Å²) in [6, 6.07) is 5.85. The van der Waals surface area contributed by atoms with E-state index in [0.717, 1.165) is 48.0 Å². The Morgan fingerprint density at radius 2 is 2.05 bits per heavy atom. The Labute approximate surface area is 129 Å². The smallest absolute Gasteiger partial charge is 0.255 e. The van der Waals surface area contributed by atoms with E-state index in [9.17, 15) is 9.90 Å². The van der Waals surface area contributed by atoms with Crippen LogP contribution in [-0.4, -0.2) is 35.6 Å². The van der Waals surface area contributed by atoms with Crippen LogP contribution in [-0.2, 0) is 0 Å². The number of halogens is 1. The molecule has 1 aliphatic heterocycles. The normalized spacial score (nSPS) is 18.1. The van der Waals surface area contributed by atoms with Gasteiger partial charge in [0.05, 0.1) is 5.56 Å². The first kappa shape index (κ1) is 15.5. The third-order valence-electron chi connectivity index (χ3n) is 4.55. The summed E-state index contributed by atoms with van der Waals surface area (Å²) < 4.78 is 0.850. The summed E-state index contributed by atoms with van der Waals surface area (Å²) in [6.45, 7) is 5.79. The molecule has 110 valence electrons. The lowest BCUT2D eigenvalue weighted by atomic mass is 9.77. The zero-order valence-corrected chi connectivity index (χ0v) is 13.7. The number of rotatable bonds is 3. The number of hydrogen-bond donors (Lipinski definition) is 1. The summed E-state index contributed by atoms with van der Waals surface area (Å²) in [5.41, 5.74) is 1.84. The van der Waals surface area contributed by atoms with Crippen molar-refractivity contribution in [2.24, 2.45) is 5.41 Å². The molecule has 0 saturated carbocycles. The Balaban J connectivity index is 2.10. The van der Waals surface area contributed by atoms with Gasteiger partial charge in [-0.05, 0) is 59.7 Å². The molecule has 0 atom stereocenters. The second-order valence-corrected chi connectivity index (χ2v) is 6.64. The first-order valence-electron chi connectivity index (χ1n) is 7.17. The molecule has 4 heteroatoms. The highest BCUT2D eigenvalue weighted by atomic mass is 79.9. The fraction of sp³-hybridized carbons (Fsp3) is 0.562. The number of benzene rings is 1. The molecule has 1 aromatic rings. The van der Waals surface area contributed by atoms with E-state index in [0.29, 0.717) is 0 Å². The highest BCUT2D eigenvalue weighted by Gasteiger charge is 2.34. The van der Waals surface area contributed by atoms with Gasteiger partial charge in [0.1, 0.15) is 0 Å². The van der Waals surface area contributed by atoms with E-state index in [-0.39, 0.29) is 17.9 Å². The van der Waals surface area contributed by atoms with Gasteiger partial charge in [-0.15, -0.1) is 0 Å². The summed E-state index contributed by atoms with van der Waals surface area (Å²) in [6.07, 6.45) is 2.74. The van der Waals surface area contributed by atoms with Crippen molar-refractivity contribution in [3.05, 3.63) is 33.8 Å². The van der Waals surface area contributed by atoms with Gasteiger partial charge in [-0.1, -0.05) is 18.6 Å². The number of amides is 1. The number of carbonyl (C=O) groups is 1. The van der Waals surface area contributed by atoms with Gasteiger partial charge >= 0.3 is 0 Å². The van der Waals surface area contributed by atoms with Crippen molar-refractivity contribution in [1.82, 2.24) is 4.90 Å². The van der Waals surface area contributed by atoms with Gasteiger partial charge in [-0.25, -0.2) is 0 Å². The minimum absolute atomic E-state index is 0.0145. The molecule has 1 aromatic carbocycles. The van der Waals surface area contributed by atoms with Crippen LogP contribution >= 0.6 is 15.9 Å². The molecule has 0 aliphatic carbocycles. The van der Waals surface area contributed by atoms with E-state index in [1.165, 1.54) is 0 Å². The molecule has 1 fully saturated rings.